The van der Waals surface area contributed by atoms with Crippen molar-refractivity contribution in [3.8, 4) is 11.8 Å². The fraction of sp³-hybridized carbons (Fsp3) is 0.529. The van der Waals surface area contributed by atoms with Gasteiger partial charge in [0.15, 0.2) is 11.2 Å². The molecule has 120 valence electrons. The first-order chi connectivity index (χ1) is 10.9. The molecule has 3 saturated heterocycles. The first-order valence-electron chi connectivity index (χ1n) is 7.60. The van der Waals surface area contributed by atoms with Crippen molar-refractivity contribution in [3.63, 3.8) is 0 Å². The van der Waals surface area contributed by atoms with Crippen LogP contribution in [-0.2, 0) is 14.3 Å². The largest absolute Gasteiger partial charge is 0.497 e. The number of carbonyl (C=O) groups excluding carboxylic acids is 1. The molecule has 0 aromatic heterocycles. The summed E-state index contributed by atoms with van der Waals surface area (Å²) in [5.74, 6) is 0.245. The Hall–Kier alpha value is -2.10. The maximum Gasteiger partial charge on any atom is 0.357 e. The van der Waals surface area contributed by atoms with Gasteiger partial charge >= 0.3 is 5.97 Å². The summed E-state index contributed by atoms with van der Waals surface area (Å²) >= 11 is 0. The Morgan fingerprint density at radius 2 is 2.09 bits per heavy atom. The van der Waals surface area contributed by atoms with Crippen LogP contribution in [0.3, 0.4) is 0 Å². The molecule has 3 aliphatic heterocycles. The van der Waals surface area contributed by atoms with Crippen LogP contribution in [0.2, 0.25) is 0 Å². The lowest BCUT2D eigenvalue weighted by molar-refractivity contribution is -0.173. The van der Waals surface area contributed by atoms with E-state index < -0.39 is 22.8 Å². The van der Waals surface area contributed by atoms with Crippen molar-refractivity contribution in [2.24, 2.45) is 0 Å². The Morgan fingerprint density at radius 3 is 2.65 bits per heavy atom. The minimum Gasteiger partial charge on any atom is -0.497 e. The Labute approximate surface area is 134 Å². The summed E-state index contributed by atoms with van der Waals surface area (Å²) in [7, 11) is 3.63. The second-order valence-electron chi connectivity index (χ2n) is 6.75. The minimum atomic E-state index is -1.42. The summed E-state index contributed by atoms with van der Waals surface area (Å²) in [5, 5.41) is 9.47. The maximum atomic E-state index is 12.2. The maximum absolute atomic E-state index is 12.2. The van der Waals surface area contributed by atoms with Crippen molar-refractivity contribution in [1.82, 2.24) is 4.90 Å². The van der Waals surface area contributed by atoms with Gasteiger partial charge in [-0.25, -0.2) is 4.79 Å². The van der Waals surface area contributed by atoms with E-state index in [1.807, 2.05) is 44.3 Å². The van der Waals surface area contributed by atoms with Crippen LogP contribution in [0.5, 0.6) is 5.75 Å². The number of nitriles is 1. The monoisotopic (exact) mass is 314 g/mol. The van der Waals surface area contributed by atoms with Gasteiger partial charge in [0.25, 0.3) is 5.60 Å². The molecular weight excluding hydrogens is 296 g/mol. The fourth-order valence-corrected chi connectivity index (χ4v) is 4.21. The van der Waals surface area contributed by atoms with E-state index >= 15 is 0 Å². The standard InChI is InChI=1S/C17H18N2O4/c1-15-10-19(2)13(11-4-6-12(21-3)7-5-11)8-17(15)16(9-18,23-17)14(20)22-15/h4-7,13H,8,10H2,1-3H3. The number of hydrogen-bond acceptors (Lipinski definition) is 6. The highest BCUT2D eigenvalue weighted by Crippen LogP contribution is 2.67. The molecule has 0 N–H and O–H groups in total. The molecule has 0 saturated carbocycles. The number of likely N-dealkylation sites (N-methyl/N-ethyl adjacent to an activating group) is 1. The van der Waals surface area contributed by atoms with Crippen LogP contribution in [0, 0.1) is 11.3 Å². The zero-order chi connectivity index (χ0) is 16.5. The molecule has 0 bridgehead atoms. The number of nitrogens with zero attached hydrogens (tertiary/aromatic N) is 2. The van der Waals surface area contributed by atoms with Crippen LogP contribution >= 0.6 is 0 Å². The van der Waals surface area contributed by atoms with Crippen LogP contribution in [0.1, 0.15) is 24.9 Å². The normalized spacial score (nSPS) is 41.5. The number of methoxy groups -OCH3 is 1. The second-order valence-corrected chi connectivity index (χ2v) is 6.75. The summed E-state index contributed by atoms with van der Waals surface area (Å²) in [6.07, 6.45) is 0.547. The number of ether oxygens (including phenoxy) is 3. The third kappa shape index (κ3) is 1.56. The average Bonchev–Trinajstić information content (AvgIpc) is 3.17. The van der Waals surface area contributed by atoms with Gasteiger partial charge in [0.05, 0.1) is 7.11 Å². The predicted octanol–water partition coefficient (Wildman–Crippen LogP) is 1.42. The molecule has 4 unspecified atom stereocenters. The number of carbonyl (C=O) groups is 1. The number of benzene rings is 1. The highest BCUT2D eigenvalue weighted by molar-refractivity contribution is 5.93. The molecule has 3 heterocycles. The van der Waals surface area contributed by atoms with E-state index in [4.69, 9.17) is 14.2 Å². The molecule has 1 spiro atoms. The van der Waals surface area contributed by atoms with Gasteiger partial charge in [-0.3, -0.25) is 4.90 Å². The van der Waals surface area contributed by atoms with Crippen molar-refractivity contribution < 1.29 is 19.0 Å². The first kappa shape index (κ1) is 14.5. The molecule has 4 atom stereocenters. The molecule has 0 radical (unpaired) electrons. The zero-order valence-electron chi connectivity index (χ0n) is 13.3. The van der Waals surface area contributed by atoms with Crippen molar-refractivity contribution in [2.45, 2.75) is 36.2 Å². The van der Waals surface area contributed by atoms with Crippen molar-refractivity contribution >= 4 is 5.97 Å². The molecule has 4 rings (SSSR count). The lowest BCUT2D eigenvalue weighted by Gasteiger charge is -2.44. The van der Waals surface area contributed by atoms with E-state index in [1.54, 1.807) is 7.11 Å². The summed E-state index contributed by atoms with van der Waals surface area (Å²) in [5.41, 5.74) is -1.94. The van der Waals surface area contributed by atoms with Gasteiger partial charge in [0.2, 0.25) is 0 Å². The molecule has 23 heavy (non-hydrogen) atoms. The van der Waals surface area contributed by atoms with Gasteiger partial charge < -0.3 is 14.2 Å². The predicted molar refractivity (Wildman–Crippen MR) is 79.6 cm³/mol. The highest BCUT2D eigenvalue weighted by atomic mass is 16.7. The van der Waals surface area contributed by atoms with E-state index in [0.29, 0.717) is 13.0 Å². The lowest BCUT2D eigenvalue weighted by atomic mass is 9.73. The van der Waals surface area contributed by atoms with Crippen molar-refractivity contribution in [3.05, 3.63) is 29.8 Å². The number of hydrogen-bond donors (Lipinski definition) is 0. The van der Waals surface area contributed by atoms with Crippen LogP contribution in [0.15, 0.2) is 24.3 Å². The molecule has 6 heteroatoms. The molecule has 1 aromatic rings. The van der Waals surface area contributed by atoms with E-state index in [1.165, 1.54) is 0 Å². The van der Waals surface area contributed by atoms with Gasteiger partial charge in [-0.15, -0.1) is 0 Å². The van der Waals surface area contributed by atoms with Crippen molar-refractivity contribution in [2.75, 3.05) is 20.7 Å². The van der Waals surface area contributed by atoms with Gasteiger partial charge in [0.1, 0.15) is 11.8 Å². The van der Waals surface area contributed by atoms with Gasteiger partial charge in [-0.05, 0) is 31.7 Å². The van der Waals surface area contributed by atoms with Crippen molar-refractivity contribution in [1.29, 1.82) is 5.26 Å². The molecule has 3 aliphatic rings. The fourth-order valence-electron chi connectivity index (χ4n) is 4.21. The molecule has 1 aromatic carbocycles. The molecule has 0 aliphatic carbocycles. The van der Waals surface area contributed by atoms with E-state index in [9.17, 15) is 10.1 Å². The smallest absolute Gasteiger partial charge is 0.357 e. The number of epoxide rings is 1. The van der Waals surface area contributed by atoms with Crippen LogP contribution in [-0.4, -0.2) is 48.4 Å². The number of piperidine rings is 1. The number of likely N-dealkylation sites (tertiary alicyclic amines) is 1. The highest BCUT2D eigenvalue weighted by Gasteiger charge is 2.90. The Kier molecular flexibility index (Phi) is 2.68. The number of esters is 1. The summed E-state index contributed by atoms with van der Waals surface area (Å²) in [4.78, 5) is 14.3. The van der Waals surface area contributed by atoms with Gasteiger partial charge in [-0.2, -0.15) is 5.26 Å². The average molecular weight is 314 g/mol. The summed E-state index contributed by atoms with van der Waals surface area (Å²) in [6.45, 7) is 2.39. The van der Waals surface area contributed by atoms with E-state index in [2.05, 4.69) is 4.90 Å². The third-order valence-corrected chi connectivity index (χ3v) is 5.54. The van der Waals surface area contributed by atoms with Crippen LogP contribution < -0.4 is 4.74 Å². The molecule has 6 nitrogen and oxygen atoms in total. The Bertz CT molecular complexity index is 727. The second kappa shape index (κ2) is 4.25. The molecule has 0 amide bonds. The number of rotatable bonds is 2. The quantitative estimate of drug-likeness (QED) is 0.607. The molecule has 3 fully saturated rings. The minimum absolute atomic E-state index is 0.0544. The first-order valence-corrected chi connectivity index (χ1v) is 7.60. The topological polar surface area (TPSA) is 75.1 Å². The molecular formula is C17H18N2O4. The van der Waals surface area contributed by atoms with Gasteiger partial charge in [0, 0.05) is 19.0 Å². The van der Waals surface area contributed by atoms with E-state index in [0.717, 1.165) is 11.3 Å². The van der Waals surface area contributed by atoms with Gasteiger partial charge in [-0.1, -0.05) is 12.1 Å². The van der Waals surface area contributed by atoms with Crippen LogP contribution in [0.4, 0.5) is 0 Å². The summed E-state index contributed by atoms with van der Waals surface area (Å²) in [6, 6.07) is 9.94. The lowest BCUT2D eigenvalue weighted by Crippen LogP contribution is -2.57. The third-order valence-electron chi connectivity index (χ3n) is 5.54. The Morgan fingerprint density at radius 1 is 1.39 bits per heavy atom. The Balaban J connectivity index is 1.70. The zero-order valence-corrected chi connectivity index (χ0v) is 13.3. The summed E-state index contributed by atoms with van der Waals surface area (Å²) < 4.78 is 16.5. The van der Waals surface area contributed by atoms with Crippen LogP contribution in [0.25, 0.3) is 0 Å². The SMILES string of the molecule is COc1ccc(C2CC34OC3(C#N)C(=O)OC4(C)CN2C)cc1. The van der Waals surface area contributed by atoms with E-state index in [-0.39, 0.29) is 6.04 Å².